The Kier molecular flexibility index (Phi) is 3.78. The number of aromatic amines is 1. The van der Waals surface area contributed by atoms with E-state index in [9.17, 15) is 15.7 Å². The molecule has 0 spiro atoms. The summed E-state index contributed by atoms with van der Waals surface area (Å²) in [7, 11) is 0. The number of para-hydroxylation sites is 1. The highest BCUT2D eigenvalue weighted by Gasteiger charge is 2.20. The van der Waals surface area contributed by atoms with Crippen molar-refractivity contribution in [3.8, 4) is 23.3 Å². The number of nitrogen functional groups attached to an aromatic ring is 1. The normalized spacial score (nSPS) is 9.75. The Morgan fingerprint density at radius 3 is 2.45 bits per heavy atom. The van der Waals surface area contributed by atoms with Crippen LogP contribution in [-0.4, -0.2) is 10.2 Å². The lowest BCUT2D eigenvalue weighted by Crippen LogP contribution is -2.74. The van der Waals surface area contributed by atoms with Crippen LogP contribution < -0.4 is 11.2 Å². The molecule has 0 radical (unpaired) electrons. The summed E-state index contributed by atoms with van der Waals surface area (Å²) in [5, 5.41) is 27.8. The van der Waals surface area contributed by atoms with E-state index < -0.39 is 0 Å². The van der Waals surface area contributed by atoms with Gasteiger partial charge in [0.05, 0.1) is 5.56 Å². The van der Waals surface area contributed by atoms with Gasteiger partial charge in [-0.05, 0) is 6.07 Å². The lowest BCUT2D eigenvalue weighted by molar-refractivity contribution is -0.825. The Morgan fingerprint density at radius 2 is 1.85 bits per heavy atom. The molecule has 1 aromatic heterocycles. The predicted octanol–water partition coefficient (Wildman–Crippen LogP) is 1.32. The second kappa shape index (κ2) is 5.51. The first-order chi connectivity index (χ1) is 9.63. The number of rotatable bonds is 2. The van der Waals surface area contributed by atoms with Crippen molar-refractivity contribution in [2.45, 2.75) is 0 Å². The van der Waals surface area contributed by atoms with Crippen LogP contribution in [0.4, 0.5) is 11.5 Å². The minimum absolute atomic E-state index is 0.0965. The molecule has 0 bridgehead atoms. The number of aromatic nitrogens is 1. The number of pyridine rings is 1. The highest BCUT2D eigenvalue weighted by atomic mass is 32.1. The number of nitrogens with zero attached hydrogens (tertiary/aromatic N) is 2. The zero-order valence-corrected chi connectivity index (χ0v) is 11.0. The van der Waals surface area contributed by atoms with Crippen LogP contribution in [0.5, 0.6) is 0 Å². The third-order valence-electron chi connectivity index (χ3n) is 2.84. The fourth-order valence-corrected chi connectivity index (χ4v) is 2.21. The Labute approximate surface area is 119 Å². The van der Waals surface area contributed by atoms with Crippen molar-refractivity contribution in [1.29, 1.82) is 10.5 Å². The lowest BCUT2D eigenvalue weighted by Gasteiger charge is -2.10. The quantitative estimate of drug-likeness (QED) is 0.376. The van der Waals surface area contributed by atoms with E-state index in [4.69, 9.17) is 18.0 Å². The van der Waals surface area contributed by atoms with E-state index in [-0.39, 0.29) is 21.6 Å². The zero-order valence-electron chi connectivity index (χ0n) is 10.2. The summed E-state index contributed by atoms with van der Waals surface area (Å²) in [4.78, 5) is 2.63. The molecule has 98 valence electrons. The SMILES string of the molecule is N#Cc1c(N)[nH]c(=S)c(C#N)c1-c1ccccc1[NH2+]O. The zero-order chi connectivity index (χ0) is 14.7. The molecular weight excluding hydrogens is 274 g/mol. The highest BCUT2D eigenvalue weighted by molar-refractivity contribution is 7.71. The summed E-state index contributed by atoms with van der Waals surface area (Å²) in [5.41, 5.74) is 8.28. The van der Waals surface area contributed by atoms with Crippen LogP contribution in [-0.2, 0) is 0 Å². The predicted molar refractivity (Wildman–Crippen MR) is 74.3 cm³/mol. The topological polar surface area (TPSA) is 126 Å². The smallest absolute Gasteiger partial charge is 0.169 e. The van der Waals surface area contributed by atoms with E-state index in [2.05, 4.69) is 4.98 Å². The average Bonchev–Trinajstić information content (AvgIpc) is 2.46. The molecule has 2 aromatic rings. The van der Waals surface area contributed by atoms with Gasteiger partial charge in [0.2, 0.25) is 0 Å². The maximum atomic E-state index is 9.29. The van der Waals surface area contributed by atoms with E-state index in [1.807, 2.05) is 12.1 Å². The molecule has 20 heavy (non-hydrogen) atoms. The molecule has 6 N–H and O–H groups in total. The number of anilines is 1. The molecule has 0 saturated carbocycles. The molecule has 1 heterocycles. The van der Waals surface area contributed by atoms with Crippen molar-refractivity contribution < 1.29 is 10.7 Å². The van der Waals surface area contributed by atoms with Crippen molar-refractivity contribution >= 4 is 23.7 Å². The second-order valence-corrected chi connectivity index (χ2v) is 4.34. The molecule has 2 rings (SSSR count). The molecule has 0 aliphatic carbocycles. The standard InChI is InChI=1S/C13H9N5OS/c14-5-8-11(7-3-1-2-4-10(7)18-19)9(6-15)13(20)17-12(8)16/h1-4,18-19H,(H3,16,17,20)/p+1. The molecule has 0 aliphatic heterocycles. The summed E-state index contributed by atoms with van der Waals surface area (Å²) in [6, 6.07) is 10.8. The van der Waals surface area contributed by atoms with Gasteiger partial charge in [-0.25, -0.2) is 5.21 Å². The van der Waals surface area contributed by atoms with E-state index in [1.165, 1.54) is 0 Å². The summed E-state index contributed by atoms with van der Waals surface area (Å²) in [5.74, 6) is 0.0965. The molecule has 0 aliphatic rings. The third-order valence-corrected chi connectivity index (χ3v) is 3.14. The number of nitrogens with two attached hydrogens (primary N) is 2. The first-order valence-corrected chi connectivity index (χ1v) is 5.97. The van der Waals surface area contributed by atoms with Gasteiger partial charge >= 0.3 is 0 Å². The maximum absolute atomic E-state index is 9.29. The average molecular weight is 284 g/mol. The van der Waals surface area contributed by atoms with Gasteiger partial charge in [-0.2, -0.15) is 16.0 Å². The summed E-state index contributed by atoms with van der Waals surface area (Å²) in [6.45, 7) is 0. The van der Waals surface area contributed by atoms with Crippen LogP contribution in [0.15, 0.2) is 24.3 Å². The fourth-order valence-electron chi connectivity index (χ4n) is 1.95. The van der Waals surface area contributed by atoms with E-state index in [1.54, 1.807) is 24.3 Å². The summed E-state index contributed by atoms with van der Waals surface area (Å²) in [6.07, 6.45) is 0. The Hall–Kier alpha value is -2.71. The van der Waals surface area contributed by atoms with Crippen LogP contribution in [0.25, 0.3) is 11.1 Å². The van der Waals surface area contributed by atoms with Crippen molar-refractivity contribution in [2.75, 3.05) is 5.73 Å². The van der Waals surface area contributed by atoms with Gasteiger partial charge in [0.15, 0.2) is 5.69 Å². The van der Waals surface area contributed by atoms with Gasteiger partial charge in [0, 0.05) is 17.2 Å². The minimum atomic E-state index is 0.0965. The molecule has 7 heteroatoms. The molecule has 6 nitrogen and oxygen atoms in total. The fraction of sp³-hybridized carbons (Fsp3) is 0. The first-order valence-electron chi connectivity index (χ1n) is 5.56. The van der Waals surface area contributed by atoms with Gasteiger partial charge in [0.25, 0.3) is 0 Å². The molecule has 0 saturated heterocycles. The number of hydrogen-bond acceptors (Lipinski definition) is 5. The molecular formula is C13H10N5OS+. The van der Waals surface area contributed by atoms with Gasteiger partial charge < -0.3 is 10.7 Å². The van der Waals surface area contributed by atoms with Crippen molar-refractivity contribution in [1.82, 2.24) is 4.98 Å². The van der Waals surface area contributed by atoms with Crippen LogP contribution in [0, 0.1) is 27.3 Å². The Bertz CT molecular complexity index is 813. The van der Waals surface area contributed by atoms with Crippen molar-refractivity contribution in [3.05, 3.63) is 40.0 Å². The molecule has 1 aromatic carbocycles. The van der Waals surface area contributed by atoms with Gasteiger partial charge in [0.1, 0.15) is 28.2 Å². The Balaban J connectivity index is 2.97. The lowest BCUT2D eigenvalue weighted by atomic mass is 9.95. The van der Waals surface area contributed by atoms with Crippen molar-refractivity contribution in [3.63, 3.8) is 0 Å². The van der Waals surface area contributed by atoms with Gasteiger partial charge in [-0.15, -0.1) is 0 Å². The number of H-pyrrole nitrogens is 1. The monoisotopic (exact) mass is 284 g/mol. The molecule has 0 amide bonds. The van der Waals surface area contributed by atoms with E-state index in [0.717, 1.165) is 5.48 Å². The van der Waals surface area contributed by atoms with E-state index in [0.29, 0.717) is 16.8 Å². The largest absolute Gasteiger partial charge is 0.384 e. The minimum Gasteiger partial charge on any atom is -0.384 e. The number of nitriles is 2. The van der Waals surface area contributed by atoms with E-state index >= 15 is 0 Å². The molecule has 0 unspecified atom stereocenters. The maximum Gasteiger partial charge on any atom is 0.169 e. The van der Waals surface area contributed by atoms with Gasteiger partial charge in [-0.1, -0.05) is 24.4 Å². The number of quaternary nitrogens is 1. The van der Waals surface area contributed by atoms with Crippen LogP contribution in [0.3, 0.4) is 0 Å². The third kappa shape index (κ3) is 2.13. The van der Waals surface area contributed by atoms with Gasteiger partial charge in [-0.3, -0.25) is 0 Å². The summed E-state index contributed by atoms with van der Waals surface area (Å²) < 4.78 is 0.159. The van der Waals surface area contributed by atoms with Crippen LogP contribution in [0.1, 0.15) is 11.1 Å². The molecule has 0 atom stereocenters. The van der Waals surface area contributed by atoms with Crippen LogP contribution in [0.2, 0.25) is 0 Å². The first kappa shape index (κ1) is 13.7. The second-order valence-electron chi connectivity index (χ2n) is 3.93. The highest BCUT2D eigenvalue weighted by Crippen LogP contribution is 2.33. The Morgan fingerprint density at radius 1 is 1.20 bits per heavy atom. The number of nitrogens with one attached hydrogen (secondary N) is 1. The summed E-state index contributed by atoms with van der Waals surface area (Å²) >= 11 is 5.07. The molecule has 0 fully saturated rings. The number of hydrogen-bond donors (Lipinski definition) is 4. The number of benzene rings is 1. The van der Waals surface area contributed by atoms with Crippen LogP contribution >= 0.6 is 12.2 Å². The van der Waals surface area contributed by atoms with Crippen molar-refractivity contribution in [2.24, 2.45) is 0 Å².